The summed E-state index contributed by atoms with van der Waals surface area (Å²) < 4.78 is 17.6. The van der Waals surface area contributed by atoms with Crippen molar-refractivity contribution in [2.75, 3.05) is 6.61 Å². The van der Waals surface area contributed by atoms with Gasteiger partial charge in [-0.05, 0) is 36.8 Å². The zero-order chi connectivity index (χ0) is 14.5. The van der Waals surface area contributed by atoms with Crippen molar-refractivity contribution in [3.8, 4) is 0 Å². The first kappa shape index (κ1) is 14.0. The predicted octanol–water partition coefficient (Wildman–Crippen LogP) is 2.46. The van der Waals surface area contributed by atoms with E-state index >= 15 is 0 Å². The van der Waals surface area contributed by atoms with Crippen LogP contribution in [0.25, 0.3) is 6.08 Å². The van der Waals surface area contributed by atoms with Crippen LogP contribution in [0.5, 0.6) is 0 Å². The average Bonchev–Trinajstić information content (AvgIpc) is 2.74. The SMILES string of the molecule is CCOC(=O)NC1C=CC(=O)/C1=C/c1ccc(F)cc1. The van der Waals surface area contributed by atoms with Gasteiger partial charge in [0.25, 0.3) is 0 Å². The maximum Gasteiger partial charge on any atom is 0.407 e. The number of hydrogen-bond donors (Lipinski definition) is 1. The van der Waals surface area contributed by atoms with Crippen molar-refractivity contribution in [1.29, 1.82) is 0 Å². The van der Waals surface area contributed by atoms with E-state index in [1.807, 2.05) is 0 Å². The van der Waals surface area contributed by atoms with E-state index in [-0.39, 0.29) is 18.2 Å². The fourth-order valence-electron chi connectivity index (χ4n) is 1.86. The van der Waals surface area contributed by atoms with Gasteiger partial charge in [-0.1, -0.05) is 18.2 Å². The third-order valence-electron chi connectivity index (χ3n) is 2.80. The molecule has 1 amide bonds. The van der Waals surface area contributed by atoms with Gasteiger partial charge in [-0.3, -0.25) is 4.79 Å². The van der Waals surface area contributed by atoms with E-state index in [9.17, 15) is 14.0 Å². The number of nitrogens with one attached hydrogen (secondary N) is 1. The van der Waals surface area contributed by atoms with E-state index in [2.05, 4.69) is 5.32 Å². The number of allylic oxidation sites excluding steroid dienone is 1. The average molecular weight is 275 g/mol. The lowest BCUT2D eigenvalue weighted by Crippen LogP contribution is -2.34. The van der Waals surface area contributed by atoms with Crippen LogP contribution in [0.3, 0.4) is 0 Å². The van der Waals surface area contributed by atoms with Gasteiger partial charge in [-0.15, -0.1) is 0 Å². The summed E-state index contributed by atoms with van der Waals surface area (Å²) in [6, 6.07) is 5.23. The monoisotopic (exact) mass is 275 g/mol. The topological polar surface area (TPSA) is 55.4 Å². The first-order chi connectivity index (χ1) is 9.60. The first-order valence-corrected chi connectivity index (χ1v) is 6.23. The second-order valence-electron chi connectivity index (χ2n) is 4.22. The molecule has 0 aromatic heterocycles. The minimum atomic E-state index is -0.582. The van der Waals surface area contributed by atoms with Crippen LogP contribution in [0, 0.1) is 5.82 Å². The highest BCUT2D eigenvalue weighted by atomic mass is 19.1. The molecule has 1 aliphatic carbocycles. The number of ketones is 1. The molecule has 0 fully saturated rings. The Balaban J connectivity index is 2.17. The molecule has 1 N–H and O–H groups in total. The molecular formula is C15H14FNO3. The molecule has 1 atom stereocenters. The van der Waals surface area contributed by atoms with E-state index in [0.29, 0.717) is 11.1 Å². The van der Waals surface area contributed by atoms with Gasteiger partial charge in [0.2, 0.25) is 0 Å². The molecule has 1 aliphatic rings. The minimum absolute atomic E-state index is 0.184. The molecule has 0 heterocycles. The first-order valence-electron chi connectivity index (χ1n) is 6.23. The summed E-state index contributed by atoms with van der Waals surface area (Å²) in [6.07, 6.45) is 4.03. The molecule has 2 rings (SSSR count). The second kappa shape index (κ2) is 6.14. The van der Waals surface area contributed by atoms with Gasteiger partial charge in [-0.2, -0.15) is 0 Å². The summed E-state index contributed by atoms with van der Waals surface area (Å²) in [4.78, 5) is 23.2. The zero-order valence-electron chi connectivity index (χ0n) is 10.9. The molecule has 1 unspecified atom stereocenters. The molecule has 0 saturated carbocycles. The van der Waals surface area contributed by atoms with Gasteiger partial charge in [0, 0.05) is 5.57 Å². The molecule has 0 bridgehead atoms. The van der Waals surface area contributed by atoms with E-state index in [4.69, 9.17) is 4.74 Å². The molecule has 4 nitrogen and oxygen atoms in total. The van der Waals surface area contributed by atoms with E-state index in [1.54, 1.807) is 31.2 Å². The Morgan fingerprint density at radius 2 is 2.10 bits per heavy atom. The van der Waals surface area contributed by atoms with Gasteiger partial charge >= 0.3 is 6.09 Å². The minimum Gasteiger partial charge on any atom is -0.450 e. The molecule has 104 valence electrons. The van der Waals surface area contributed by atoms with Crippen molar-refractivity contribution in [3.63, 3.8) is 0 Å². The lowest BCUT2D eigenvalue weighted by atomic mass is 10.1. The largest absolute Gasteiger partial charge is 0.450 e. The van der Waals surface area contributed by atoms with Crippen molar-refractivity contribution in [2.45, 2.75) is 13.0 Å². The fraction of sp³-hybridized carbons (Fsp3) is 0.200. The summed E-state index contributed by atoms with van der Waals surface area (Å²) >= 11 is 0. The smallest absolute Gasteiger partial charge is 0.407 e. The molecule has 0 radical (unpaired) electrons. The van der Waals surface area contributed by atoms with Gasteiger partial charge < -0.3 is 10.1 Å². The summed E-state index contributed by atoms with van der Waals surface area (Å²) in [5.41, 5.74) is 1.11. The zero-order valence-corrected chi connectivity index (χ0v) is 10.9. The van der Waals surface area contributed by atoms with Crippen LogP contribution in [-0.2, 0) is 9.53 Å². The Kier molecular flexibility index (Phi) is 4.30. The molecule has 1 aromatic rings. The van der Waals surface area contributed by atoms with Crippen LogP contribution in [0.4, 0.5) is 9.18 Å². The van der Waals surface area contributed by atoms with Gasteiger partial charge in [0.05, 0.1) is 12.6 Å². The Hall–Kier alpha value is -2.43. The highest BCUT2D eigenvalue weighted by Gasteiger charge is 2.24. The van der Waals surface area contributed by atoms with Crippen LogP contribution in [-0.4, -0.2) is 24.5 Å². The number of ether oxygens (including phenoxy) is 1. The van der Waals surface area contributed by atoms with Gasteiger partial charge in [0.1, 0.15) is 5.82 Å². The third kappa shape index (κ3) is 3.32. The number of hydrogen-bond acceptors (Lipinski definition) is 3. The van der Waals surface area contributed by atoms with Crippen LogP contribution in [0.15, 0.2) is 42.0 Å². The van der Waals surface area contributed by atoms with Crippen molar-refractivity contribution in [3.05, 3.63) is 53.4 Å². The van der Waals surface area contributed by atoms with Crippen LogP contribution in [0.2, 0.25) is 0 Å². The molecule has 5 heteroatoms. The van der Waals surface area contributed by atoms with Crippen LogP contribution in [0.1, 0.15) is 12.5 Å². The van der Waals surface area contributed by atoms with Crippen molar-refractivity contribution in [1.82, 2.24) is 5.32 Å². The fourth-order valence-corrected chi connectivity index (χ4v) is 1.86. The van der Waals surface area contributed by atoms with Gasteiger partial charge in [-0.25, -0.2) is 9.18 Å². The quantitative estimate of drug-likeness (QED) is 0.862. The summed E-state index contributed by atoms with van der Waals surface area (Å²) in [5, 5.41) is 2.58. The van der Waals surface area contributed by atoms with Crippen molar-refractivity contribution < 1.29 is 18.7 Å². The molecule has 0 saturated heterocycles. The number of amides is 1. The summed E-state index contributed by atoms with van der Waals surface area (Å²) in [6.45, 7) is 1.96. The number of carbonyl (C=O) groups excluding carboxylic acids is 2. The second-order valence-corrected chi connectivity index (χ2v) is 4.22. The van der Waals surface area contributed by atoms with Gasteiger partial charge in [0.15, 0.2) is 5.78 Å². The van der Waals surface area contributed by atoms with Crippen molar-refractivity contribution >= 4 is 18.0 Å². The maximum absolute atomic E-state index is 12.8. The Bertz CT molecular complexity index is 575. The lowest BCUT2D eigenvalue weighted by Gasteiger charge is -2.12. The lowest BCUT2D eigenvalue weighted by molar-refractivity contribution is -0.111. The molecule has 0 aliphatic heterocycles. The summed E-state index contributed by atoms with van der Waals surface area (Å²) in [5.74, 6) is -0.527. The number of rotatable bonds is 3. The Morgan fingerprint density at radius 3 is 2.75 bits per heavy atom. The molecule has 0 spiro atoms. The Labute approximate surface area is 115 Å². The van der Waals surface area contributed by atoms with E-state index in [1.165, 1.54) is 18.2 Å². The third-order valence-corrected chi connectivity index (χ3v) is 2.80. The molecule has 1 aromatic carbocycles. The van der Waals surface area contributed by atoms with Crippen molar-refractivity contribution in [2.24, 2.45) is 0 Å². The van der Waals surface area contributed by atoms with Crippen LogP contribution >= 0.6 is 0 Å². The highest BCUT2D eigenvalue weighted by molar-refractivity contribution is 6.11. The number of benzene rings is 1. The predicted molar refractivity (Wildman–Crippen MR) is 72.5 cm³/mol. The standard InChI is InChI=1S/C15H14FNO3/c1-2-20-15(19)17-13-7-8-14(18)12(13)9-10-3-5-11(16)6-4-10/h3-9,13H,2H2,1H3,(H,17,19)/b12-9+. The Morgan fingerprint density at radius 1 is 1.40 bits per heavy atom. The normalized spacial score (nSPS) is 19.4. The highest BCUT2D eigenvalue weighted by Crippen LogP contribution is 2.18. The number of carbonyl (C=O) groups is 2. The number of alkyl carbamates (subject to hydrolysis) is 1. The van der Waals surface area contributed by atoms with E-state index < -0.39 is 12.1 Å². The number of halogens is 1. The molecular weight excluding hydrogens is 261 g/mol. The van der Waals surface area contributed by atoms with E-state index in [0.717, 1.165) is 0 Å². The molecule has 20 heavy (non-hydrogen) atoms. The summed E-state index contributed by atoms with van der Waals surface area (Å²) in [7, 11) is 0. The maximum atomic E-state index is 12.8. The van der Waals surface area contributed by atoms with Crippen LogP contribution < -0.4 is 5.32 Å².